The second-order valence-electron chi connectivity index (χ2n) is 2.69. The number of rotatable bonds is 2. The molecule has 0 spiro atoms. The van der Waals surface area contributed by atoms with E-state index in [1.807, 2.05) is 5.38 Å². The number of carboxylic acids is 2. The lowest BCUT2D eigenvalue weighted by Crippen LogP contribution is -2.09. The second-order valence-corrected chi connectivity index (χ2v) is 3.44. The zero-order valence-corrected chi connectivity index (χ0v) is 9.29. The van der Waals surface area contributed by atoms with Gasteiger partial charge in [-0.2, -0.15) is 0 Å². The first-order valence-electron chi connectivity index (χ1n) is 4.36. The molecular formula is C10H8N2O4S. The van der Waals surface area contributed by atoms with Gasteiger partial charge in [-0.1, -0.05) is 0 Å². The van der Waals surface area contributed by atoms with E-state index in [0.29, 0.717) is 0 Å². The molecule has 0 atom stereocenters. The molecule has 0 aromatic carbocycles. The molecule has 0 saturated heterocycles. The van der Waals surface area contributed by atoms with E-state index in [2.05, 4.69) is 9.97 Å². The van der Waals surface area contributed by atoms with Crippen LogP contribution in [0.1, 0.15) is 20.8 Å². The van der Waals surface area contributed by atoms with Gasteiger partial charge in [0.15, 0.2) is 5.69 Å². The number of hydrogen-bond acceptors (Lipinski definition) is 5. The normalized spacial score (nSPS) is 8.94. The lowest BCUT2D eigenvalue weighted by molar-refractivity contribution is 0.0646. The lowest BCUT2D eigenvalue weighted by Gasteiger charge is -1.97. The van der Waals surface area contributed by atoms with Crippen LogP contribution < -0.4 is 0 Å². The van der Waals surface area contributed by atoms with Crippen LogP contribution in [0.2, 0.25) is 0 Å². The minimum atomic E-state index is -1.34. The van der Waals surface area contributed by atoms with Gasteiger partial charge < -0.3 is 10.2 Å². The Hall–Kier alpha value is -2.28. The van der Waals surface area contributed by atoms with Crippen molar-refractivity contribution in [2.75, 3.05) is 0 Å². The highest BCUT2D eigenvalue weighted by Crippen LogP contribution is 2.04. The zero-order valence-electron chi connectivity index (χ0n) is 8.48. The zero-order chi connectivity index (χ0) is 12.7. The van der Waals surface area contributed by atoms with Gasteiger partial charge in [0.2, 0.25) is 0 Å². The number of aromatic nitrogens is 2. The predicted octanol–water partition coefficient (Wildman–Crippen LogP) is 1.62. The molecule has 17 heavy (non-hydrogen) atoms. The summed E-state index contributed by atoms with van der Waals surface area (Å²) in [6.07, 6.45) is 3.00. The van der Waals surface area contributed by atoms with Gasteiger partial charge in [-0.25, -0.2) is 14.6 Å². The van der Waals surface area contributed by atoms with Gasteiger partial charge >= 0.3 is 11.9 Å². The number of nitrogens with zero attached hydrogens (tertiary/aromatic N) is 2. The Balaban J connectivity index is 0.000000239. The molecule has 0 aliphatic carbocycles. The van der Waals surface area contributed by atoms with Crippen molar-refractivity contribution in [3.63, 3.8) is 0 Å². The first kappa shape index (κ1) is 12.8. The molecule has 0 aliphatic heterocycles. The number of pyridine rings is 1. The molecule has 88 valence electrons. The molecule has 7 heteroatoms. The average molecular weight is 252 g/mol. The maximum absolute atomic E-state index is 10.4. The molecule has 0 amide bonds. The van der Waals surface area contributed by atoms with E-state index in [0.717, 1.165) is 0 Å². The monoisotopic (exact) mass is 252 g/mol. The Morgan fingerprint density at radius 1 is 1.18 bits per heavy atom. The van der Waals surface area contributed by atoms with Gasteiger partial charge in [0.05, 0.1) is 11.1 Å². The van der Waals surface area contributed by atoms with E-state index in [9.17, 15) is 9.59 Å². The summed E-state index contributed by atoms with van der Waals surface area (Å²) < 4.78 is 0. The van der Waals surface area contributed by atoms with Crippen molar-refractivity contribution in [3.05, 3.63) is 46.7 Å². The highest BCUT2D eigenvalue weighted by molar-refractivity contribution is 7.07. The summed E-state index contributed by atoms with van der Waals surface area (Å²) in [7, 11) is 0. The molecule has 0 radical (unpaired) electrons. The van der Waals surface area contributed by atoms with Crippen LogP contribution in [0.3, 0.4) is 0 Å². The van der Waals surface area contributed by atoms with Crippen molar-refractivity contribution in [2.24, 2.45) is 0 Å². The van der Waals surface area contributed by atoms with Gasteiger partial charge in [-0.3, -0.25) is 4.98 Å². The largest absolute Gasteiger partial charge is 0.478 e. The quantitative estimate of drug-likeness (QED) is 0.842. The molecule has 2 heterocycles. The van der Waals surface area contributed by atoms with Crippen molar-refractivity contribution in [1.29, 1.82) is 0 Å². The number of carboxylic acid groups (broad SMARTS) is 2. The number of thiazole rings is 1. The topological polar surface area (TPSA) is 100 Å². The Labute approximate surface area is 100 Å². The second kappa shape index (κ2) is 6.33. The summed E-state index contributed by atoms with van der Waals surface area (Å²) in [5, 5.41) is 18.9. The van der Waals surface area contributed by atoms with E-state index >= 15 is 0 Å². The molecule has 0 aliphatic rings. The van der Waals surface area contributed by atoms with Crippen LogP contribution in [0.4, 0.5) is 0 Å². The SMILES string of the molecule is O=C(O)c1cccnc1C(=O)O.c1cscn1. The molecule has 6 nitrogen and oxygen atoms in total. The van der Waals surface area contributed by atoms with E-state index in [-0.39, 0.29) is 5.56 Å². The van der Waals surface area contributed by atoms with Crippen LogP contribution >= 0.6 is 11.3 Å². The van der Waals surface area contributed by atoms with Crippen LogP contribution in [0, 0.1) is 0 Å². The summed E-state index contributed by atoms with van der Waals surface area (Å²) in [6, 6.07) is 2.56. The third-order valence-electron chi connectivity index (χ3n) is 1.59. The molecule has 2 N–H and O–H groups in total. The summed E-state index contributed by atoms with van der Waals surface area (Å²) >= 11 is 1.60. The van der Waals surface area contributed by atoms with Crippen molar-refractivity contribution in [2.45, 2.75) is 0 Å². The summed E-state index contributed by atoms with van der Waals surface area (Å²) in [5.74, 6) is -2.63. The smallest absolute Gasteiger partial charge is 0.355 e. The van der Waals surface area contributed by atoms with E-state index in [1.165, 1.54) is 18.3 Å². The lowest BCUT2D eigenvalue weighted by atomic mass is 10.2. The standard InChI is InChI=1S/C7H5NO4.C3H3NS/c9-6(10)4-2-1-3-8-5(4)7(11)12;1-2-5-3-4-1/h1-3H,(H,9,10)(H,11,12);1-3H. The molecule has 2 aromatic rings. The Morgan fingerprint density at radius 3 is 2.29 bits per heavy atom. The molecule has 2 rings (SSSR count). The predicted molar refractivity (Wildman–Crippen MR) is 60.3 cm³/mol. The maximum Gasteiger partial charge on any atom is 0.355 e. The van der Waals surface area contributed by atoms with Crippen LogP contribution in [-0.2, 0) is 0 Å². The summed E-state index contributed by atoms with van der Waals surface area (Å²) in [5.41, 5.74) is 1.05. The van der Waals surface area contributed by atoms with Crippen LogP contribution in [-0.4, -0.2) is 32.1 Å². The number of carbonyl (C=O) groups is 2. The maximum atomic E-state index is 10.4. The Bertz CT molecular complexity index is 449. The van der Waals surface area contributed by atoms with Crippen molar-refractivity contribution in [3.8, 4) is 0 Å². The molecule has 0 fully saturated rings. The van der Waals surface area contributed by atoms with E-state index < -0.39 is 17.6 Å². The first-order valence-corrected chi connectivity index (χ1v) is 5.31. The molecule has 0 unspecified atom stereocenters. The molecule has 0 bridgehead atoms. The third kappa shape index (κ3) is 3.99. The average Bonchev–Trinajstić information content (AvgIpc) is 2.87. The highest BCUT2D eigenvalue weighted by Gasteiger charge is 2.15. The highest BCUT2D eigenvalue weighted by atomic mass is 32.1. The van der Waals surface area contributed by atoms with Gasteiger partial charge in [-0.15, -0.1) is 11.3 Å². The minimum absolute atomic E-state index is 0.301. The Kier molecular flexibility index (Phi) is 4.77. The van der Waals surface area contributed by atoms with Crippen molar-refractivity contribution < 1.29 is 19.8 Å². The first-order chi connectivity index (χ1) is 8.13. The Morgan fingerprint density at radius 2 is 1.94 bits per heavy atom. The fourth-order valence-corrected chi connectivity index (χ4v) is 1.28. The third-order valence-corrected chi connectivity index (χ3v) is 2.11. The van der Waals surface area contributed by atoms with E-state index in [1.54, 1.807) is 23.0 Å². The van der Waals surface area contributed by atoms with Crippen LogP contribution in [0.5, 0.6) is 0 Å². The van der Waals surface area contributed by atoms with Crippen LogP contribution in [0.15, 0.2) is 35.4 Å². The van der Waals surface area contributed by atoms with Crippen molar-refractivity contribution >= 4 is 23.3 Å². The fraction of sp³-hybridized carbons (Fsp3) is 0. The molecular weight excluding hydrogens is 244 g/mol. The van der Waals surface area contributed by atoms with Gasteiger partial charge in [0.25, 0.3) is 0 Å². The number of aromatic carboxylic acids is 2. The van der Waals surface area contributed by atoms with Gasteiger partial charge in [-0.05, 0) is 12.1 Å². The van der Waals surface area contributed by atoms with Gasteiger partial charge in [0.1, 0.15) is 0 Å². The van der Waals surface area contributed by atoms with Gasteiger partial charge in [0, 0.05) is 17.8 Å². The molecule has 0 saturated carbocycles. The summed E-state index contributed by atoms with van der Waals surface area (Å²) in [4.78, 5) is 28.0. The van der Waals surface area contributed by atoms with Crippen LogP contribution in [0.25, 0.3) is 0 Å². The summed E-state index contributed by atoms with van der Waals surface area (Å²) in [6.45, 7) is 0. The molecule has 2 aromatic heterocycles. The number of hydrogen-bond donors (Lipinski definition) is 2. The van der Waals surface area contributed by atoms with E-state index in [4.69, 9.17) is 10.2 Å². The minimum Gasteiger partial charge on any atom is -0.478 e. The fourth-order valence-electron chi connectivity index (χ4n) is 0.924. The van der Waals surface area contributed by atoms with Crippen molar-refractivity contribution in [1.82, 2.24) is 9.97 Å².